The lowest BCUT2D eigenvalue weighted by Gasteiger charge is -2.27. The van der Waals surface area contributed by atoms with Crippen molar-refractivity contribution in [3.63, 3.8) is 0 Å². The third-order valence-corrected chi connectivity index (χ3v) is 4.52. The van der Waals surface area contributed by atoms with Crippen molar-refractivity contribution in [3.05, 3.63) is 28.5 Å². The van der Waals surface area contributed by atoms with E-state index in [1.54, 1.807) is 0 Å². The molecule has 1 aliphatic rings. The van der Waals surface area contributed by atoms with E-state index >= 15 is 0 Å². The van der Waals surface area contributed by atoms with E-state index in [4.69, 9.17) is 12.2 Å². The van der Waals surface area contributed by atoms with Gasteiger partial charge in [-0.2, -0.15) is 0 Å². The molecule has 1 saturated carbocycles. The fourth-order valence-corrected chi connectivity index (χ4v) is 3.47. The molecule has 0 spiro atoms. The molecule has 1 aliphatic carbocycles. The van der Waals surface area contributed by atoms with Gasteiger partial charge in [0.05, 0.1) is 11.0 Å². The van der Waals surface area contributed by atoms with E-state index in [1.165, 1.54) is 42.3 Å². The van der Waals surface area contributed by atoms with Gasteiger partial charge in [-0.25, -0.2) is 0 Å². The average molecular weight is 260 g/mol. The molecule has 2 nitrogen and oxygen atoms in total. The van der Waals surface area contributed by atoms with Crippen LogP contribution in [0, 0.1) is 17.6 Å². The number of rotatable bonds is 1. The van der Waals surface area contributed by atoms with Crippen LogP contribution in [0.25, 0.3) is 11.0 Å². The first kappa shape index (κ1) is 12.0. The maximum atomic E-state index is 5.51. The summed E-state index contributed by atoms with van der Waals surface area (Å²) in [6, 6.07) is 7.15. The highest BCUT2D eigenvalue weighted by atomic mass is 32.1. The minimum absolute atomic E-state index is 0.588. The van der Waals surface area contributed by atoms with Gasteiger partial charge in [-0.3, -0.25) is 0 Å². The highest BCUT2D eigenvalue weighted by Crippen LogP contribution is 2.34. The molecule has 3 rings (SSSR count). The van der Waals surface area contributed by atoms with Gasteiger partial charge in [-0.1, -0.05) is 13.0 Å². The molecule has 0 aliphatic heterocycles. The van der Waals surface area contributed by atoms with Crippen LogP contribution in [-0.4, -0.2) is 9.55 Å². The zero-order valence-electron chi connectivity index (χ0n) is 11.1. The molecule has 96 valence electrons. The number of aromatic nitrogens is 2. The molecule has 3 heteroatoms. The van der Waals surface area contributed by atoms with E-state index < -0.39 is 0 Å². The summed E-state index contributed by atoms with van der Waals surface area (Å²) in [5.74, 6) is 0.878. The summed E-state index contributed by atoms with van der Waals surface area (Å²) in [6.45, 7) is 4.48. The van der Waals surface area contributed by atoms with Gasteiger partial charge in [0, 0.05) is 6.04 Å². The Morgan fingerprint density at radius 1 is 1.22 bits per heavy atom. The monoisotopic (exact) mass is 260 g/mol. The number of aryl methyl sites for hydroxylation is 1. The highest BCUT2D eigenvalue weighted by Gasteiger charge is 2.21. The van der Waals surface area contributed by atoms with E-state index in [-0.39, 0.29) is 0 Å². The Labute approximate surface area is 113 Å². The zero-order valence-corrected chi connectivity index (χ0v) is 11.9. The Kier molecular flexibility index (Phi) is 3.02. The molecule has 0 radical (unpaired) electrons. The third-order valence-electron chi connectivity index (χ3n) is 4.22. The highest BCUT2D eigenvalue weighted by molar-refractivity contribution is 7.71. The van der Waals surface area contributed by atoms with E-state index in [9.17, 15) is 0 Å². The van der Waals surface area contributed by atoms with E-state index in [2.05, 4.69) is 41.6 Å². The van der Waals surface area contributed by atoms with Gasteiger partial charge in [-0.05, 0) is 68.4 Å². The smallest absolute Gasteiger partial charge is 0.178 e. The molecule has 1 fully saturated rings. The summed E-state index contributed by atoms with van der Waals surface area (Å²) in [5, 5.41) is 0. The van der Waals surface area contributed by atoms with Gasteiger partial charge in [0.25, 0.3) is 0 Å². The third kappa shape index (κ3) is 2.01. The lowest BCUT2D eigenvalue weighted by atomic mass is 9.87. The maximum Gasteiger partial charge on any atom is 0.178 e. The topological polar surface area (TPSA) is 20.7 Å². The number of hydrogen-bond donors (Lipinski definition) is 1. The predicted octanol–water partition coefficient (Wildman–Crippen LogP) is 4.76. The van der Waals surface area contributed by atoms with Crippen LogP contribution >= 0.6 is 12.2 Å². The minimum Gasteiger partial charge on any atom is -0.331 e. The van der Waals surface area contributed by atoms with E-state index in [0.29, 0.717) is 6.04 Å². The van der Waals surface area contributed by atoms with Gasteiger partial charge in [0.15, 0.2) is 4.77 Å². The van der Waals surface area contributed by atoms with Crippen molar-refractivity contribution in [3.8, 4) is 0 Å². The lowest BCUT2D eigenvalue weighted by molar-refractivity contribution is 0.292. The number of nitrogens with zero attached hydrogens (tertiary/aromatic N) is 1. The van der Waals surface area contributed by atoms with Crippen molar-refractivity contribution in [2.45, 2.75) is 45.6 Å². The van der Waals surface area contributed by atoms with E-state index in [1.807, 2.05) is 0 Å². The fraction of sp³-hybridized carbons (Fsp3) is 0.533. The van der Waals surface area contributed by atoms with E-state index in [0.717, 1.165) is 10.7 Å². The SMILES string of the molecule is Cc1ccc2c(c1)[nH]c(=S)n2C1CCC(C)CC1. The summed E-state index contributed by atoms with van der Waals surface area (Å²) in [4.78, 5) is 3.35. The minimum atomic E-state index is 0.588. The quantitative estimate of drug-likeness (QED) is 0.733. The van der Waals surface area contributed by atoms with Crippen LogP contribution in [-0.2, 0) is 0 Å². The number of hydrogen-bond acceptors (Lipinski definition) is 1. The van der Waals surface area contributed by atoms with Gasteiger partial charge in [0.1, 0.15) is 0 Å². The van der Waals surface area contributed by atoms with Crippen molar-refractivity contribution >= 4 is 23.3 Å². The summed E-state index contributed by atoms with van der Waals surface area (Å²) >= 11 is 5.51. The second-order valence-corrected chi connectivity index (χ2v) is 6.12. The normalized spacial score (nSPS) is 24.6. The van der Waals surface area contributed by atoms with Crippen molar-refractivity contribution in [1.29, 1.82) is 0 Å². The van der Waals surface area contributed by atoms with Crippen molar-refractivity contribution in [1.82, 2.24) is 9.55 Å². The number of aromatic amines is 1. The first-order valence-electron chi connectivity index (χ1n) is 6.86. The molecule has 0 unspecified atom stereocenters. The second kappa shape index (κ2) is 4.54. The Morgan fingerprint density at radius 2 is 1.94 bits per heavy atom. The van der Waals surface area contributed by atoms with Crippen molar-refractivity contribution < 1.29 is 0 Å². The van der Waals surface area contributed by atoms with Crippen LogP contribution in [0.1, 0.15) is 44.2 Å². The molecule has 1 aromatic carbocycles. The Morgan fingerprint density at radius 3 is 2.67 bits per heavy atom. The van der Waals surface area contributed by atoms with Crippen LogP contribution in [0.5, 0.6) is 0 Å². The molecule has 1 N–H and O–H groups in total. The molecule has 1 heterocycles. The zero-order chi connectivity index (χ0) is 12.7. The Bertz CT molecular complexity index is 615. The summed E-state index contributed by atoms with van der Waals surface area (Å²) in [5.41, 5.74) is 3.73. The summed E-state index contributed by atoms with van der Waals surface area (Å²) < 4.78 is 3.23. The largest absolute Gasteiger partial charge is 0.331 e. The molecular weight excluding hydrogens is 240 g/mol. The molecule has 2 aromatic rings. The lowest BCUT2D eigenvalue weighted by Crippen LogP contribution is -2.16. The number of nitrogens with one attached hydrogen (secondary N) is 1. The molecule has 0 atom stereocenters. The summed E-state index contributed by atoms with van der Waals surface area (Å²) in [6.07, 6.45) is 5.17. The van der Waals surface area contributed by atoms with Crippen molar-refractivity contribution in [2.75, 3.05) is 0 Å². The predicted molar refractivity (Wildman–Crippen MR) is 78.5 cm³/mol. The van der Waals surface area contributed by atoms with Crippen molar-refractivity contribution in [2.24, 2.45) is 5.92 Å². The fourth-order valence-electron chi connectivity index (χ4n) is 3.11. The number of fused-ring (bicyclic) bond motifs is 1. The first-order valence-corrected chi connectivity index (χ1v) is 7.27. The standard InChI is InChI=1S/C15H20N2S/c1-10-3-6-12(7-4-10)17-14-8-5-11(2)9-13(14)16-15(17)18/h5,8-10,12H,3-4,6-7H2,1-2H3,(H,16,18). The molecule has 1 aromatic heterocycles. The average Bonchev–Trinajstić information content (AvgIpc) is 2.65. The van der Waals surface area contributed by atoms with Crippen LogP contribution in [0.4, 0.5) is 0 Å². The molecule has 0 bridgehead atoms. The van der Waals surface area contributed by atoms with Crippen LogP contribution in [0.2, 0.25) is 0 Å². The van der Waals surface area contributed by atoms with Gasteiger partial charge >= 0.3 is 0 Å². The molecule has 0 amide bonds. The molecule has 0 saturated heterocycles. The summed E-state index contributed by atoms with van der Waals surface area (Å²) in [7, 11) is 0. The molecule has 18 heavy (non-hydrogen) atoms. The molecular formula is C15H20N2S. The number of imidazole rings is 1. The number of H-pyrrole nitrogens is 1. The Balaban J connectivity index is 2.06. The van der Waals surface area contributed by atoms with Gasteiger partial charge in [0.2, 0.25) is 0 Å². The van der Waals surface area contributed by atoms with Gasteiger partial charge in [-0.15, -0.1) is 0 Å². The maximum absolute atomic E-state index is 5.51. The number of benzene rings is 1. The van der Waals surface area contributed by atoms with Crippen LogP contribution in [0.3, 0.4) is 0 Å². The first-order chi connectivity index (χ1) is 8.65. The second-order valence-electron chi connectivity index (χ2n) is 5.73. The van der Waals surface area contributed by atoms with Gasteiger partial charge < -0.3 is 9.55 Å². The Hall–Kier alpha value is -1.09. The van der Waals surface area contributed by atoms with Crippen LogP contribution < -0.4 is 0 Å². The van der Waals surface area contributed by atoms with Crippen LogP contribution in [0.15, 0.2) is 18.2 Å².